The predicted octanol–water partition coefficient (Wildman–Crippen LogP) is 1.30. The fraction of sp³-hybridized carbons (Fsp3) is 0.278. The average Bonchev–Trinajstić information content (AvgIpc) is 2.65. The smallest absolute Gasteiger partial charge is 0.332 e. The minimum absolute atomic E-state index is 0.349. The molecule has 0 amide bonds. The molecule has 2 aromatic heterocycles. The Bertz CT molecular complexity index is 1020. The highest BCUT2D eigenvalue weighted by Gasteiger charge is 2.13. The molecule has 2 heterocycles. The largest absolute Gasteiger partial charge is 0.497 e. The number of nitrogens with zero attached hydrogens (tertiary/aromatic N) is 3. The lowest BCUT2D eigenvalue weighted by atomic mass is 10.1. The summed E-state index contributed by atoms with van der Waals surface area (Å²) in [5, 5.41) is 3.70. The van der Waals surface area contributed by atoms with Gasteiger partial charge in [-0.15, -0.1) is 0 Å². The van der Waals surface area contributed by atoms with Crippen molar-refractivity contribution in [2.75, 3.05) is 19.0 Å². The Hall–Kier alpha value is -3.09. The summed E-state index contributed by atoms with van der Waals surface area (Å²) in [6.45, 7) is 0.650. The number of nitrogens with one attached hydrogen (secondary N) is 1. The van der Waals surface area contributed by atoms with Crippen LogP contribution in [-0.2, 0) is 20.5 Å². The second-order valence-electron chi connectivity index (χ2n) is 5.79. The van der Waals surface area contributed by atoms with E-state index in [1.54, 1.807) is 26.4 Å². The first-order valence-corrected chi connectivity index (χ1v) is 7.94. The van der Waals surface area contributed by atoms with Crippen LogP contribution in [0.3, 0.4) is 0 Å². The Balaban J connectivity index is 1.86. The van der Waals surface area contributed by atoms with Gasteiger partial charge in [0.2, 0.25) is 0 Å². The maximum atomic E-state index is 12.5. The molecule has 0 aliphatic rings. The zero-order valence-electron chi connectivity index (χ0n) is 14.4. The van der Waals surface area contributed by atoms with Crippen LogP contribution in [0.15, 0.2) is 46.1 Å². The van der Waals surface area contributed by atoms with E-state index in [4.69, 9.17) is 4.74 Å². The molecule has 1 N–H and O–H groups in total. The minimum atomic E-state index is -0.389. The van der Waals surface area contributed by atoms with Gasteiger partial charge < -0.3 is 10.1 Å². The SMILES string of the molecule is COc1ccc(CCNc2ccnc3c2c(=O)n(C)c(=O)n3C)cc1. The number of ether oxygens (including phenoxy) is 1. The van der Waals surface area contributed by atoms with Crippen molar-refractivity contribution in [3.05, 3.63) is 62.9 Å². The fourth-order valence-electron chi connectivity index (χ4n) is 2.77. The summed E-state index contributed by atoms with van der Waals surface area (Å²) in [6, 6.07) is 9.61. The molecule has 0 spiro atoms. The molecule has 3 rings (SSSR count). The third-order valence-electron chi connectivity index (χ3n) is 4.23. The Morgan fingerprint density at radius 3 is 2.48 bits per heavy atom. The lowest BCUT2D eigenvalue weighted by Crippen LogP contribution is -2.37. The molecule has 0 aliphatic heterocycles. The molecule has 130 valence electrons. The Morgan fingerprint density at radius 2 is 1.80 bits per heavy atom. The second-order valence-corrected chi connectivity index (χ2v) is 5.79. The van der Waals surface area contributed by atoms with Gasteiger partial charge in [0.15, 0.2) is 5.65 Å². The van der Waals surface area contributed by atoms with Gasteiger partial charge in [-0.25, -0.2) is 9.78 Å². The van der Waals surface area contributed by atoms with E-state index in [1.807, 2.05) is 24.3 Å². The Kier molecular flexibility index (Phi) is 4.56. The van der Waals surface area contributed by atoms with E-state index in [9.17, 15) is 9.59 Å². The molecule has 0 saturated carbocycles. The summed E-state index contributed by atoms with van der Waals surface area (Å²) in [7, 11) is 4.72. The monoisotopic (exact) mass is 340 g/mol. The van der Waals surface area contributed by atoms with Crippen molar-refractivity contribution in [2.45, 2.75) is 6.42 Å². The summed E-state index contributed by atoms with van der Waals surface area (Å²) >= 11 is 0. The molecule has 0 saturated heterocycles. The number of methoxy groups -OCH3 is 1. The number of hydrogen-bond donors (Lipinski definition) is 1. The van der Waals surface area contributed by atoms with Crippen LogP contribution in [0.1, 0.15) is 5.56 Å². The van der Waals surface area contributed by atoms with Crippen molar-refractivity contribution in [3.8, 4) is 5.75 Å². The minimum Gasteiger partial charge on any atom is -0.497 e. The molecule has 7 heteroatoms. The van der Waals surface area contributed by atoms with E-state index >= 15 is 0 Å². The van der Waals surface area contributed by atoms with Gasteiger partial charge in [0.05, 0.1) is 12.8 Å². The van der Waals surface area contributed by atoms with Gasteiger partial charge in [-0.3, -0.25) is 13.9 Å². The van der Waals surface area contributed by atoms with E-state index in [0.717, 1.165) is 22.3 Å². The van der Waals surface area contributed by atoms with Crippen molar-refractivity contribution in [1.82, 2.24) is 14.1 Å². The van der Waals surface area contributed by atoms with Crippen LogP contribution in [0.25, 0.3) is 11.0 Å². The number of pyridine rings is 1. The van der Waals surface area contributed by atoms with Gasteiger partial charge in [-0.2, -0.15) is 0 Å². The quantitative estimate of drug-likeness (QED) is 0.757. The van der Waals surface area contributed by atoms with Gasteiger partial charge in [-0.05, 0) is 30.2 Å². The molecule has 25 heavy (non-hydrogen) atoms. The fourth-order valence-corrected chi connectivity index (χ4v) is 2.77. The summed E-state index contributed by atoms with van der Waals surface area (Å²) in [5.74, 6) is 0.821. The van der Waals surface area contributed by atoms with Gasteiger partial charge in [0.25, 0.3) is 5.56 Å². The van der Waals surface area contributed by atoms with Crippen molar-refractivity contribution in [2.24, 2.45) is 14.1 Å². The van der Waals surface area contributed by atoms with E-state index in [1.165, 1.54) is 11.6 Å². The third-order valence-corrected chi connectivity index (χ3v) is 4.23. The Labute approximate surface area is 144 Å². The highest BCUT2D eigenvalue weighted by atomic mass is 16.5. The zero-order valence-corrected chi connectivity index (χ0v) is 14.4. The molecular weight excluding hydrogens is 320 g/mol. The number of aryl methyl sites for hydroxylation is 1. The summed E-state index contributed by atoms with van der Waals surface area (Å²) in [6.07, 6.45) is 2.39. The molecule has 0 aliphatic carbocycles. The first-order valence-electron chi connectivity index (χ1n) is 7.94. The highest BCUT2D eigenvalue weighted by Crippen LogP contribution is 2.17. The molecular formula is C18H20N4O3. The molecule has 0 atom stereocenters. The molecule has 0 bridgehead atoms. The van der Waals surface area contributed by atoms with Crippen molar-refractivity contribution in [3.63, 3.8) is 0 Å². The summed E-state index contributed by atoms with van der Waals surface area (Å²) in [5.41, 5.74) is 1.47. The van der Waals surface area contributed by atoms with Crippen LogP contribution in [0, 0.1) is 0 Å². The first kappa shape index (κ1) is 16.8. The van der Waals surface area contributed by atoms with Crippen LogP contribution < -0.4 is 21.3 Å². The van der Waals surface area contributed by atoms with Crippen molar-refractivity contribution >= 4 is 16.7 Å². The predicted molar refractivity (Wildman–Crippen MR) is 97.4 cm³/mol. The number of benzene rings is 1. The third kappa shape index (κ3) is 3.13. The van der Waals surface area contributed by atoms with Crippen LogP contribution in [0.4, 0.5) is 5.69 Å². The van der Waals surface area contributed by atoms with E-state index in [0.29, 0.717) is 23.3 Å². The van der Waals surface area contributed by atoms with Crippen LogP contribution in [0.5, 0.6) is 5.75 Å². The van der Waals surface area contributed by atoms with E-state index < -0.39 is 0 Å². The topological polar surface area (TPSA) is 78.2 Å². The van der Waals surface area contributed by atoms with Crippen molar-refractivity contribution < 1.29 is 4.74 Å². The highest BCUT2D eigenvalue weighted by molar-refractivity contribution is 5.88. The lowest BCUT2D eigenvalue weighted by molar-refractivity contribution is 0.414. The van der Waals surface area contributed by atoms with Crippen LogP contribution in [0.2, 0.25) is 0 Å². The number of hydrogen-bond acceptors (Lipinski definition) is 5. The van der Waals surface area contributed by atoms with Gasteiger partial charge in [0.1, 0.15) is 11.1 Å². The first-order chi connectivity index (χ1) is 12.0. The molecule has 3 aromatic rings. The average molecular weight is 340 g/mol. The molecule has 0 unspecified atom stereocenters. The van der Waals surface area contributed by atoms with Gasteiger partial charge >= 0.3 is 5.69 Å². The van der Waals surface area contributed by atoms with Crippen LogP contribution >= 0.6 is 0 Å². The standard InChI is InChI=1S/C18H20N4O3/c1-21-16-15(17(23)22(2)18(21)24)14(9-11-20-16)19-10-8-12-4-6-13(25-3)7-5-12/h4-7,9,11H,8,10H2,1-3H3,(H,19,20). The van der Waals surface area contributed by atoms with E-state index in [2.05, 4.69) is 10.3 Å². The maximum Gasteiger partial charge on any atom is 0.332 e. The number of aromatic nitrogens is 3. The maximum absolute atomic E-state index is 12.5. The van der Waals surface area contributed by atoms with E-state index in [-0.39, 0.29) is 11.2 Å². The number of fused-ring (bicyclic) bond motifs is 1. The summed E-state index contributed by atoms with van der Waals surface area (Å²) in [4.78, 5) is 28.7. The summed E-state index contributed by atoms with van der Waals surface area (Å²) < 4.78 is 7.63. The second kappa shape index (κ2) is 6.80. The van der Waals surface area contributed by atoms with Gasteiger partial charge in [0, 0.05) is 26.8 Å². The number of anilines is 1. The number of rotatable bonds is 5. The van der Waals surface area contributed by atoms with Gasteiger partial charge in [-0.1, -0.05) is 12.1 Å². The molecule has 1 aromatic carbocycles. The Morgan fingerprint density at radius 1 is 1.08 bits per heavy atom. The zero-order chi connectivity index (χ0) is 18.0. The lowest BCUT2D eigenvalue weighted by Gasteiger charge is -2.12. The van der Waals surface area contributed by atoms with Crippen molar-refractivity contribution in [1.29, 1.82) is 0 Å². The van der Waals surface area contributed by atoms with Crippen LogP contribution in [-0.4, -0.2) is 27.8 Å². The molecule has 0 fully saturated rings. The molecule has 7 nitrogen and oxygen atoms in total. The normalized spacial score (nSPS) is 10.8. The molecule has 0 radical (unpaired) electrons.